The van der Waals surface area contributed by atoms with Gasteiger partial charge in [0.2, 0.25) is 5.88 Å². The minimum Gasteiger partial charge on any atom is -0.463 e. The molecule has 0 amide bonds. The van der Waals surface area contributed by atoms with E-state index in [4.69, 9.17) is 15.2 Å². The van der Waals surface area contributed by atoms with Crippen molar-refractivity contribution in [3.8, 4) is 6.07 Å². The first kappa shape index (κ1) is 17.1. The first-order valence-corrected chi connectivity index (χ1v) is 8.62. The van der Waals surface area contributed by atoms with Gasteiger partial charge in [0, 0.05) is 0 Å². The molecule has 3 rings (SSSR count). The zero-order valence-corrected chi connectivity index (χ0v) is 14.5. The Balaban J connectivity index is 2.02. The van der Waals surface area contributed by atoms with Crippen LogP contribution in [0.4, 0.5) is 0 Å². The Morgan fingerprint density at radius 2 is 1.96 bits per heavy atom. The third-order valence-electron chi connectivity index (χ3n) is 4.95. The van der Waals surface area contributed by atoms with Crippen LogP contribution in [-0.4, -0.2) is 12.6 Å². The molecule has 1 saturated carbocycles. The van der Waals surface area contributed by atoms with E-state index < -0.39 is 11.9 Å². The monoisotopic (exact) mass is 338 g/mol. The average Bonchev–Trinajstić information content (AvgIpc) is 2.53. The summed E-state index contributed by atoms with van der Waals surface area (Å²) >= 11 is 0. The molecular formula is C20H22N2O3. The summed E-state index contributed by atoms with van der Waals surface area (Å²) in [4.78, 5) is 12.5. The van der Waals surface area contributed by atoms with Crippen LogP contribution in [-0.2, 0) is 14.3 Å². The predicted molar refractivity (Wildman–Crippen MR) is 93.0 cm³/mol. The number of carbonyl (C=O) groups is 1. The van der Waals surface area contributed by atoms with Crippen molar-refractivity contribution in [1.29, 1.82) is 5.26 Å². The van der Waals surface area contributed by atoms with Gasteiger partial charge in [-0.3, -0.25) is 0 Å². The van der Waals surface area contributed by atoms with E-state index in [1.165, 1.54) is 24.8 Å². The van der Waals surface area contributed by atoms with E-state index in [0.717, 1.165) is 5.56 Å². The van der Waals surface area contributed by atoms with Gasteiger partial charge in [-0.2, -0.15) is 5.26 Å². The molecule has 0 aromatic heterocycles. The lowest BCUT2D eigenvalue weighted by molar-refractivity contribution is -0.139. The van der Waals surface area contributed by atoms with E-state index >= 15 is 0 Å². The third-order valence-corrected chi connectivity index (χ3v) is 4.95. The van der Waals surface area contributed by atoms with Gasteiger partial charge in [-0.05, 0) is 43.7 Å². The molecular weight excluding hydrogens is 316 g/mol. The zero-order chi connectivity index (χ0) is 18.0. The lowest BCUT2D eigenvalue weighted by atomic mass is 9.78. The molecule has 5 nitrogen and oxygen atoms in total. The summed E-state index contributed by atoms with van der Waals surface area (Å²) in [6, 6.07) is 10.2. The van der Waals surface area contributed by atoms with Gasteiger partial charge in [0.15, 0.2) is 0 Å². The predicted octanol–water partition coefficient (Wildman–Crippen LogP) is 3.60. The quantitative estimate of drug-likeness (QED) is 0.848. The molecule has 1 aromatic carbocycles. The highest BCUT2D eigenvalue weighted by Gasteiger charge is 2.36. The highest BCUT2D eigenvalue weighted by molar-refractivity contribution is 5.92. The summed E-state index contributed by atoms with van der Waals surface area (Å²) in [5.74, 6) is 0.00675. The van der Waals surface area contributed by atoms with Gasteiger partial charge >= 0.3 is 5.97 Å². The Hall–Kier alpha value is -2.74. The Kier molecular flexibility index (Phi) is 4.80. The van der Waals surface area contributed by atoms with Gasteiger partial charge in [0.05, 0.1) is 18.1 Å². The molecule has 2 aliphatic rings. The van der Waals surface area contributed by atoms with E-state index in [0.29, 0.717) is 17.3 Å². The summed E-state index contributed by atoms with van der Waals surface area (Å²) in [7, 11) is 0. The van der Waals surface area contributed by atoms with E-state index in [2.05, 4.69) is 18.2 Å². The normalized spacial score (nSPS) is 20.6. The fraction of sp³-hybridized carbons (Fsp3) is 0.400. The van der Waals surface area contributed by atoms with Crippen molar-refractivity contribution in [3.63, 3.8) is 0 Å². The first-order chi connectivity index (χ1) is 12.1. The van der Waals surface area contributed by atoms with Crippen molar-refractivity contribution in [3.05, 3.63) is 58.2 Å². The van der Waals surface area contributed by atoms with Crippen molar-refractivity contribution < 1.29 is 14.3 Å². The van der Waals surface area contributed by atoms with Crippen LogP contribution >= 0.6 is 0 Å². The number of esters is 1. The third kappa shape index (κ3) is 3.12. The van der Waals surface area contributed by atoms with Gasteiger partial charge in [-0.1, -0.05) is 30.7 Å². The second-order valence-electron chi connectivity index (χ2n) is 6.41. The average molecular weight is 338 g/mol. The molecule has 1 unspecified atom stereocenters. The standard InChI is InChI=1S/C20H22N2O3/c1-3-24-20(23)17-12(2)25-19(22)16(11-21)18(17)15-9-7-14(8-10-15)13-5-4-6-13/h7-10,13,18H,3-6,22H2,1-2H3. The SMILES string of the molecule is CCOC(=O)C1=C(C)OC(N)=C(C#N)C1c1ccc(C2CCC2)cc1. The summed E-state index contributed by atoms with van der Waals surface area (Å²) < 4.78 is 10.6. The summed E-state index contributed by atoms with van der Waals surface area (Å²) in [6.45, 7) is 3.67. The Morgan fingerprint density at radius 3 is 2.48 bits per heavy atom. The summed E-state index contributed by atoms with van der Waals surface area (Å²) in [6.07, 6.45) is 3.72. The fourth-order valence-corrected chi connectivity index (χ4v) is 3.39. The molecule has 0 saturated heterocycles. The number of benzene rings is 1. The first-order valence-electron chi connectivity index (χ1n) is 8.62. The van der Waals surface area contributed by atoms with Gasteiger partial charge in [-0.15, -0.1) is 0 Å². The Labute approximate surface area is 147 Å². The van der Waals surface area contributed by atoms with Gasteiger partial charge in [0.1, 0.15) is 17.4 Å². The molecule has 1 aromatic rings. The van der Waals surface area contributed by atoms with Gasteiger partial charge < -0.3 is 15.2 Å². The second kappa shape index (κ2) is 7.02. The summed E-state index contributed by atoms with van der Waals surface area (Å²) in [5.41, 5.74) is 8.62. The van der Waals surface area contributed by atoms with E-state index in [-0.39, 0.29) is 18.1 Å². The Bertz CT molecular complexity index is 780. The number of nitrogens with two attached hydrogens (primary N) is 1. The van der Waals surface area contributed by atoms with Crippen LogP contribution in [0.5, 0.6) is 0 Å². The van der Waals surface area contributed by atoms with Crippen LogP contribution < -0.4 is 5.73 Å². The number of nitrogens with zero attached hydrogens (tertiary/aromatic N) is 1. The molecule has 1 aliphatic carbocycles. The van der Waals surface area contributed by atoms with Gasteiger partial charge in [-0.25, -0.2) is 4.79 Å². The molecule has 1 heterocycles. The van der Waals surface area contributed by atoms with Crippen LogP contribution in [0.25, 0.3) is 0 Å². The lowest BCUT2D eigenvalue weighted by Crippen LogP contribution is -2.25. The number of hydrogen-bond donors (Lipinski definition) is 1. The second-order valence-corrected chi connectivity index (χ2v) is 6.41. The van der Waals surface area contributed by atoms with Crippen LogP contribution in [0.3, 0.4) is 0 Å². The fourth-order valence-electron chi connectivity index (χ4n) is 3.39. The van der Waals surface area contributed by atoms with E-state index in [1.54, 1.807) is 13.8 Å². The zero-order valence-electron chi connectivity index (χ0n) is 14.5. The Morgan fingerprint density at radius 1 is 1.32 bits per heavy atom. The lowest BCUT2D eigenvalue weighted by Gasteiger charge is -2.28. The van der Waals surface area contributed by atoms with Crippen molar-refractivity contribution in [1.82, 2.24) is 0 Å². The molecule has 130 valence electrons. The minimum atomic E-state index is -0.562. The molecule has 5 heteroatoms. The maximum Gasteiger partial charge on any atom is 0.338 e. The highest BCUT2D eigenvalue weighted by Crippen LogP contribution is 2.41. The number of nitriles is 1. The highest BCUT2D eigenvalue weighted by atomic mass is 16.5. The van der Waals surface area contributed by atoms with Gasteiger partial charge in [0.25, 0.3) is 0 Å². The molecule has 0 spiro atoms. The largest absolute Gasteiger partial charge is 0.463 e. The van der Waals surface area contributed by atoms with Crippen LogP contribution in [0.1, 0.15) is 56.1 Å². The topological polar surface area (TPSA) is 85.3 Å². The molecule has 1 aliphatic heterocycles. The van der Waals surface area contributed by atoms with Crippen molar-refractivity contribution in [2.24, 2.45) is 5.73 Å². The van der Waals surface area contributed by atoms with E-state index in [1.807, 2.05) is 12.1 Å². The van der Waals surface area contributed by atoms with E-state index in [9.17, 15) is 10.1 Å². The smallest absolute Gasteiger partial charge is 0.338 e. The van der Waals surface area contributed by atoms with Crippen LogP contribution in [0.2, 0.25) is 0 Å². The molecule has 0 bridgehead atoms. The van der Waals surface area contributed by atoms with Crippen molar-refractivity contribution in [2.45, 2.75) is 44.9 Å². The number of hydrogen-bond acceptors (Lipinski definition) is 5. The number of carbonyl (C=O) groups excluding carboxylic acids is 1. The molecule has 1 fully saturated rings. The molecule has 2 N–H and O–H groups in total. The van der Waals surface area contributed by atoms with Crippen molar-refractivity contribution >= 4 is 5.97 Å². The molecule has 25 heavy (non-hydrogen) atoms. The van der Waals surface area contributed by atoms with Crippen LogP contribution in [0.15, 0.2) is 47.1 Å². The maximum absolute atomic E-state index is 12.5. The molecule has 1 atom stereocenters. The number of ether oxygens (including phenoxy) is 2. The molecule has 0 radical (unpaired) electrons. The number of rotatable bonds is 4. The van der Waals surface area contributed by atoms with Crippen LogP contribution in [0, 0.1) is 11.3 Å². The minimum absolute atomic E-state index is 0.0427. The maximum atomic E-state index is 12.5. The van der Waals surface area contributed by atoms with Crippen molar-refractivity contribution in [2.75, 3.05) is 6.61 Å². The number of allylic oxidation sites excluding steroid dienone is 2. The summed E-state index contributed by atoms with van der Waals surface area (Å²) in [5, 5.41) is 9.56.